The zero-order chi connectivity index (χ0) is 31.1. The lowest BCUT2D eigenvalue weighted by Gasteiger charge is -2.53. The monoisotopic (exact) mass is 622 g/mol. The summed E-state index contributed by atoms with van der Waals surface area (Å²) in [5.74, 6) is -1.83. The zero-order valence-electron chi connectivity index (χ0n) is 24.7. The Balaban J connectivity index is 1.01. The van der Waals surface area contributed by atoms with Crippen molar-refractivity contribution >= 4 is 17.9 Å². The van der Waals surface area contributed by atoms with E-state index in [-0.39, 0.29) is 49.1 Å². The molecule has 0 aromatic carbocycles. The van der Waals surface area contributed by atoms with Gasteiger partial charge in [-0.15, -0.1) is 0 Å². The molecule has 14 heteroatoms. The van der Waals surface area contributed by atoms with Crippen LogP contribution in [0.2, 0.25) is 0 Å². The number of hydrogen-bond donors (Lipinski definition) is 4. The van der Waals surface area contributed by atoms with Crippen LogP contribution in [0.4, 0.5) is 0 Å². The van der Waals surface area contributed by atoms with E-state index in [2.05, 4.69) is 6.92 Å². The Morgan fingerprint density at radius 3 is 2.45 bits per heavy atom. The third-order valence-corrected chi connectivity index (χ3v) is 12.0. The predicted molar refractivity (Wildman–Crippen MR) is 140 cm³/mol. The first kappa shape index (κ1) is 29.2. The molecule has 0 bridgehead atoms. The van der Waals surface area contributed by atoms with Crippen molar-refractivity contribution in [3.63, 3.8) is 0 Å². The average molecular weight is 623 g/mol. The fourth-order valence-electron chi connectivity index (χ4n) is 9.65. The standard InChI is InChI=1S/C30H38O14/c1-11(2)28-22(43-28)23-30(44-23)27(3)7-6-12-13(10-38-24(12)36)14(27)8-16-29(30,42-16)26(28)41-18(33)5-4-17(32)40-21-19(34)15(9-31)39-25(37)20(21)35/h11,14-16,19-23,25-26,31,34-35,37H,4-10H2,1-3H3/t14-,15+,16-,19+,20+,21-,22-,23-,25?,26+,27-,28-,29+,30+/m0/s1. The van der Waals surface area contributed by atoms with E-state index in [9.17, 15) is 34.8 Å². The second kappa shape index (κ2) is 9.22. The van der Waals surface area contributed by atoms with Crippen LogP contribution < -0.4 is 0 Å². The normalized spacial score (nSPS) is 52.4. The number of fused-ring (bicyclic) bond motifs is 4. The van der Waals surface area contributed by atoms with Crippen molar-refractivity contribution in [1.29, 1.82) is 0 Å². The van der Waals surface area contributed by atoms with Crippen LogP contribution >= 0.6 is 0 Å². The Morgan fingerprint density at radius 2 is 1.75 bits per heavy atom. The number of carbonyl (C=O) groups excluding carboxylic acids is 3. The van der Waals surface area contributed by atoms with E-state index in [4.69, 9.17) is 33.2 Å². The third-order valence-electron chi connectivity index (χ3n) is 12.0. The Morgan fingerprint density at radius 1 is 1.02 bits per heavy atom. The highest BCUT2D eigenvalue weighted by Crippen LogP contribution is 2.83. The van der Waals surface area contributed by atoms with Crippen LogP contribution in [0.1, 0.15) is 52.9 Å². The fraction of sp³-hybridized carbons (Fsp3) is 0.833. The Bertz CT molecular complexity index is 1350. The Kier molecular flexibility index (Phi) is 6.13. The van der Waals surface area contributed by atoms with Gasteiger partial charge in [-0.1, -0.05) is 20.8 Å². The quantitative estimate of drug-likeness (QED) is 0.149. The molecule has 2 spiro atoms. The Labute approximate surface area is 252 Å². The van der Waals surface area contributed by atoms with Gasteiger partial charge in [0.05, 0.1) is 25.6 Å². The van der Waals surface area contributed by atoms with Gasteiger partial charge in [0.25, 0.3) is 0 Å². The summed E-state index contributed by atoms with van der Waals surface area (Å²) in [6, 6.07) is 0. The summed E-state index contributed by atoms with van der Waals surface area (Å²) < 4.78 is 41.4. The molecule has 6 fully saturated rings. The van der Waals surface area contributed by atoms with Crippen molar-refractivity contribution in [1.82, 2.24) is 0 Å². The molecule has 5 heterocycles. The van der Waals surface area contributed by atoms with Gasteiger partial charge in [0, 0.05) is 11.0 Å². The smallest absolute Gasteiger partial charge is 0.334 e. The maximum Gasteiger partial charge on any atom is 0.334 e. The van der Waals surface area contributed by atoms with Crippen molar-refractivity contribution in [3.8, 4) is 0 Å². The summed E-state index contributed by atoms with van der Waals surface area (Å²) in [6.07, 6.45) is -8.40. The van der Waals surface area contributed by atoms with Gasteiger partial charge in [0.1, 0.15) is 48.3 Å². The van der Waals surface area contributed by atoms with Gasteiger partial charge in [-0.2, -0.15) is 0 Å². The van der Waals surface area contributed by atoms with Crippen LogP contribution in [0.5, 0.6) is 0 Å². The minimum Gasteiger partial charge on any atom is -0.458 e. The molecule has 4 N–H and O–H groups in total. The average Bonchev–Trinajstić information content (AvgIpc) is 3.90. The topological polar surface area (TPSA) is 207 Å². The first-order valence-corrected chi connectivity index (χ1v) is 15.5. The molecule has 8 aliphatic rings. The lowest BCUT2D eigenvalue weighted by Crippen LogP contribution is -2.70. The second-order valence-corrected chi connectivity index (χ2v) is 14.1. The van der Waals surface area contributed by atoms with E-state index in [1.807, 2.05) is 13.8 Å². The maximum atomic E-state index is 13.4. The number of ether oxygens (including phenoxy) is 7. The third kappa shape index (κ3) is 3.40. The van der Waals surface area contributed by atoms with Crippen LogP contribution in [0.3, 0.4) is 0 Å². The number of aliphatic hydroxyl groups excluding tert-OH is 4. The predicted octanol–water partition coefficient (Wildman–Crippen LogP) is -1.22. The van der Waals surface area contributed by atoms with Crippen LogP contribution in [-0.2, 0) is 47.5 Å². The van der Waals surface area contributed by atoms with Gasteiger partial charge in [-0.05, 0) is 36.7 Å². The first-order valence-electron chi connectivity index (χ1n) is 15.5. The molecule has 2 saturated carbocycles. The summed E-state index contributed by atoms with van der Waals surface area (Å²) in [4.78, 5) is 38.4. The van der Waals surface area contributed by atoms with Crippen LogP contribution in [0, 0.1) is 17.3 Å². The molecule has 1 unspecified atom stereocenters. The highest BCUT2D eigenvalue weighted by atomic mass is 16.8. The molecule has 8 rings (SSSR count). The molecule has 0 amide bonds. The molecule has 0 radical (unpaired) electrons. The lowest BCUT2D eigenvalue weighted by atomic mass is 9.46. The van der Waals surface area contributed by atoms with Gasteiger partial charge in [0.15, 0.2) is 24.1 Å². The van der Waals surface area contributed by atoms with E-state index in [1.54, 1.807) is 0 Å². The molecule has 14 nitrogen and oxygen atoms in total. The van der Waals surface area contributed by atoms with Gasteiger partial charge in [-0.3, -0.25) is 9.59 Å². The number of epoxide rings is 3. The molecule has 44 heavy (non-hydrogen) atoms. The van der Waals surface area contributed by atoms with Crippen LogP contribution in [-0.4, -0.2) is 123 Å². The molecule has 0 aromatic heterocycles. The van der Waals surface area contributed by atoms with Crippen molar-refractivity contribution in [2.75, 3.05) is 13.2 Å². The lowest BCUT2D eigenvalue weighted by molar-refractivity contribution is -0.289. The number of carbonyl (C=O) groups is 3. The van der Waals surface area contributed by atoms with Crippen LogP contribution in [0.15, 0.2) is 11.1 Å². The van der Waals surface area contributed by atoms with E-state index >= 15 is 0 Å². The second-order valence-electron chi connectivity index (χ2n) is 14.1. The molecule has 4 saturated heterocycles. The molecular formula is C30H38O14. The molecule has 3 aliphatic carbocycles. The number of esters is 3. The minimum absolute atomic E-state index is 0.0274. The van der Waals surface area contributed by atoms with E-state index < -0.39 is 84.0 Å². The number of cyclic esters (lactones) is 1. The zero-order valence-corrected chi connectivity index (χ0v) is 24.7. The summed E-state index contributed by atoms with van der Waals surface area (Å²) in [7, 11) is 0. The molecule has 242 valence electrons. The van der Waals surface area contributed by atoms with Crippen molar-refractivity contribution < 1.29 is 68.0 Å². The molecular weight excluding hydrogens is 584 g/mol. The van der Waals surface area contributed by atoms with E-state index in [0.717, 1.165) is 11.1 Å². The van der Waals surface area contributed by atoms with E-state index in [1.165, 1.54) is 0 Å². The largest absolute Gasteiger partial charge is 0.458 e. The van der Waals surface area contributed by atoms with Crippen LogP contribution in [0.25, 0.3) is 0 Å². The molecule has 14 atom stereocenters. The number of rotatable bonds is 7. The van der Waals surface area contributed by atoms with Gasteiger partial charge in [-0.25, -0.2) is 4.79 Å². The van der Waals surface area contributed by atoms with E-state index in [0.29, 0.717) is 19.3 Å². The van der Waals surface area contributed by atoms with Gasteiger partial charge >= 0.3 is 17.9 Å². The summed E-state index contributed by atoms with van der Waals surface area (Å²) in [5, 5.41) is 39.7. The summed E-state index contributed by atoms with van der Waals surface area (Å²) in [6.45, 7) is 5.80. The van der Waals surface area contributed by atoms with Gasteiger partial charge < -0.3 is 53.6 Å². The first-order chi connectivity index (χ1) is 20.9. The number of hydrogen-bond acceptors (Lipinski definition) is 14. The van der Waals surface area contributed by atoms with Crippen molar-refractivity contribution in [2.45, 2.75) is 125 Å². The molecule has 0 aromatic rings. The SMILES string of the molecule is CC(C)[C@]12O[C@H]1[C@@H]1O[C@]13[C@]1(O[C@H]1C[C@H]1C4=C(CC[C@@]13C)C(=O)OC4)[C@@H]2OC(=O)CCC(=O)O[C@H]1[C@H](O)[C@@H](CO)OC(O)[C@@H]1O. The minimum atomic E-state index is -1.78. The highest BCUT2D eigenvalue weighted by molar-refractivity contribution is 5.92. The van der Waals surface area contributed by atoms with Gasteiger partial charge in [0.2, 0.25) is 0 Å². The fourth-order valence-corrected chi connectivity index (χ4v) is 9.65. The van der Waals surface area contributed by atoms with Crippen molar-refractivity contribution in [2.24, 2.45) is 17.3 Å². The highest BCUT2D eigenvalue weighted by Gasteiger charge is 3.01. The van der Waals surface area contributed by atoms with Crippen molar-refractivity contribution in [3.05, 3.63) is 11.1 Å². The number of aliphatic hydroxyl groups is 4. The maximum absolute atomic E-state index is 13.4. The Hall–Kier alpha value is -2.17. The summed E-state index contributed by atoms with van der Waals surface area (Å²) in [5.41, 5.74) is -1.11. The molecule has 5 aliphatic heterocycles. The summed E-state index contributed by atoms with van der Waals surface area (Å²) >= 11 is 0.